The number of nitrogens with one attached hydrogen (secondary N) is 1. The molecule has 136 valence electrons. The Kier molecular flexibility index (Phi) is 8.12. The summed E-state index contributed by atoms with van der Waals surface area (Å²) in [4.78, 5) is 6.72. The molecular formula is C18H30IN3O2. The van der Waals surface area contributed by atoms with Gasteiger partial charge >= 0.3 is 0 Å². The van der Waals surface area contributed by atoms with Gasteiger partial charge in [-0.2, -0.15) is 0 Å². The Morgan fingerprint density at radius 3 is 2.67 bits per heavy atom. The predicted octanol–water partition coefficient (Wildman–Crippen LogP) is 3.39. The minimum Gasteiger partial charge on any atom is -0.497 e. The molecule has 1 fully saturated rings. The van der Waals surface area contributed by atoms with Crippen molar-refractivity contribution in [2.24, 2.45) is 10.4 Å². The lowest BCUT2D eigenvalue weighted by Crippen LogP contribution is -2.44. The van der Waals surface area contributed by atoms with Gasteiger partial charge in [-0.1, -0.05) is 19.9 Å². The Morgan fingerprint density at radius 1 is 1.38 bits per heavy atom. The lowest BCUT2D eigenvalue weighted by molar-refractivity contribution is 0.221. The Bertz CT molecular complexity index is 549. The number of rotatable bonds is 5. The zero-order chi connectivity index (χ0) is 16.9. The first-order valence-electron chi connectivity index (χ1n) is 8.20. The fourth-order valence-corrected chi connectivity index (χ4v) is 2.81. The first-order valence-corrected chi connectivity index (χ1v) is 8.20. The number of guanidine groups is 1. The van der Waals surface area contributed by atoms with Gasteiger partial charge in [-0.15, -0.1) is 24.0 Å². The van der Waals surface area contributed by atoms with Crippen LogP contribution in [0.25, 0.3) is 0 Å². The van der Waals surface area contributed by atoms with E-state index in [1.165, 1.54) is 6.42 Å². The SMILES string of the molecule is CN=C(NCC(C)Oc1cccc(OC)c1)N1CCC(C)(C)C1.I. The molecule has 1 unspecified atom stereocenters. The number of benzene rings is 1. The normalized spacial score (nSPS) is 17.9. The molecule has 0 bridgehead atoms. The van der Waals surface area contributed by atoms with Gasteiger partial charge in [0.15, 0.2) is 5.96 Å². The van der Waals surface area contributed by atoms with Gasteiger partial charge in [0.2, 0.25) is 0 Å². The van der Waals surface area contributed by atoms with Gasteiger partial charge in [0, 0.05) is 26.2 Å². The number of hydrogen-bond acceptors (Lipinski definition) is 3. The van der Waals surface area contributed by atoms with Crippen LogP contribution >= 0.6 is 24.0 Å². The van der Waals surface area contributed by atoms with Gasteiger partial charge < -0.3 is 19.7 Å². The smallest absolute Gasteiger partial charge is 0.193 e. The molecule has 1 N–H and O–H groups in total. The van der Waals surface area contributed by atoms with E-state index < -0.39 is 0 Å². The van der Waals surface area contributed by atoms with Crippen LogP contribution in [0.5, 0.6) is 11.5 Å². The maximum atomic E-state index is 5.94. The molecule has 2 rings (SSSR count). The number of hydrogen-bond donors (Lipinski definition) is 1. The molecule has 1 aromatic carbocycles. The van der Waals surface area contributed by atoms with Crippen LogP contribution in [0.15, 0.2) is 29.3 Å². The lowest BCUT2D eigenvalue weighted by atomic mass is 9.93. The van der Waals surface area contributed by atoms with Gasteiger partial charge in [0.05, 0.1) is 13.7 Å². The standard InChI is InChI=1S/C18H29N3O2.HI/c1-14(23-16-8-6-7-15(11-16)22-5)12-20-17(19-4)21-10-9-18(2,3)13-21;/h6-8,11,14H,9-10,12-13H2,1-5H3,(H,19,20);1H. The van der Waals surface area contributed by atoms with Crippen molar-refractivity contribution in [3.8, 4) is 11.5 Å². The van der Waals surface area contributed by atoms with Gasteiger partial charge in [-0.25, -0.2) is 0 Å². The van der Waals surface area contributed by atoms with E-state index in [4.69, 9.17) is 9.47 Å². The topological polar surface area (TPSA) is 46.1 Å². The van der Waals surface area contributed by atoms with E-state index in [1.807, 2.05) is 38.2 Å². The van der Waals surface area contributed by atoms with E-state index in [-0.39, 0.29) is 30.1 Å². The lowest BCUT2D eigenvalue weighted by Gasteiger charge is -2.25. The molecule has 1 aromatic rings. The van der Waals surface area contributed by atoms with E-state index >= 15 is 0 Å². The third kappa shape index (κ3) is 6.03. The van der Waals surface area contributed by atoms with E-state index in [0.29, 0.717) is 12.0 Å². The van der Waals surface area contributed by atoms with E-state index in [1.54, 1.807) is 7.11 Å². The van der Waals surface area contributed by atoms with Crippen LogP contribution in [0, 0.1) is 5.41 Å². The second-order valence-electron chi connectivity index (χ2n) is 6.87. The summed E-state index contributed by atoms with van der Waals surface area (Å²) in [7, 11) is 3.49. The Morgan fingerprint density at radius 2 is 2.08 bits per heavy atom. The molecule has 5 nitrogen and oxygen atoms in total. The molecule has 1 saturated heterocycles. The number of aliphatic imine (C=N–C) groups is 1. The Labute approximate surface area is 162 Å². The average Bonchev–Trinajstić information content (AvgIpc) is 2.88. The molecule has 0 radical (unpaired) electrons. The third-order valence-corrected chi connectivity index (χ3v) is 4.11. The van der Waals surface area contributed by atoms with Crippen molar-refractivity contribution in [1.29, 1.82) is 0 Å². The Hall–Kier alpha value is -1.18. The fourth-order valence-electron chi connectivity index (χ4n) is 2.81. The molecule has 1 atom stereocenters. The number of ether oxygens (including phenoxy) is 2. The summed E-state index contributed by atoms with van der Waals surface area (Å²) in [6.45, 7) is 9.45. The highest BCUT2D eigenvalue weighted by Crippen LogP contribution is 2.28. The first-order chi connectivity index (χ1) is 10.9. The summed E-state index contributed by atoms with van der Waals surface area (Å²) in [6.07, 6.45) is 1.23. The Balaban J connectivity index is 0.00000288. The van der Waals surface area contributed by atoms with E-state index in [0.717, 1.165) is 30.5 Å². The number of halogens is 1. The highest BCUT2D eigenvalue weighted by Gasteiger charge is 2.30. The van der Waals surface area contributed by atoms with Crippen molar-refractivity contribution >= 4 is 29.9 Å². The molecular weight excluding hydrogens is 417 g/mol. The van der Waals surface area contributed by atoms with Gasteiger partial charge in [0.25, 0.3) is 0 Å². The van der Waals surface area contributed by atoms with Crippen LogP contribution < -0.4 is 14.8 Å². The van der Waals surface area contributed by atoms with Crippen molar-refractivity contribution in [3.05, 3.63) is 24.3 Å². The molecule has 0 aromatic heterocycles. The quantitative estimate of drug-likeness (QED) is 0.427. The van der Waals surface area contributed by atoms with Crippen molar-refractivity contribution in [1.82, 2.24) is 10.2 Å². The second kappa shape index (κ2) is 9.34. The van der Waals surface area contributed by atoms with Crippen molar-refractivity contribution < 1.29 is 9.47 Å². The highest BCUT2D eigenvalue weighted by molar-refractivity contribution is 14.0. The zero-order valence-corrected chi connectivity index (χ0v) is 17.7. The summed E-state index contributed by atoms with van der Waals surface area (Å²) in [5, 5.41) is 3.42. The monoisotopic (exact) mass is 447 g/mol. The summed E-state index contributed by atoms with van der Waals surface area (Å²) in [6, 6.07) is 7.68. The van der Waals surface area contributed by atoms with Crippen LogP contribution in [0.4, 0.5) is 0 Å². The van der Waals surface area contributed by atoms with Gasteiger partial charge in [-0.05, 0) is 30.9 Å². The first kappa shape index (κ1) is 20.9. The minimum atomic E-state index is 0. The number of nitrogens with zero attached hydrogens (tertiary/aromatic N) is 2. The van der Waals surface area contributed by atoms with E-state index in [9.17, 15) is 0 Å². The van der Waals surface area contributed by atoms with Crippen LogP contribution in [0.1, 0.15) is 27.2 Å². The maximum absolute atomic E-state index is 5.94. The summed E-state index contributed by atoms with van der Waals surface area (Å²) in [5.41, 5.74) is 0.361. The maximum Gasteiger partial charge on any atom is 0.193 e. The van der Waals surface area contributed by atoms with E-state index in [2.05, 4.69) is 29.1 Å². The fraction of sp³-hybridized carbons (Fsp3) is 0.611. The van der Waals surface area contributed by atoms with Crippen molar-refractivity contribution in [2.45, 2.75) is 33.3 Å². The molecule has 1 heterocycles. The average molecular weight is 447 g/mol. The molecule has 24 heavy (non-hydrogen) atoms. The minimum absolute atomic E-state index is 0. The van der Waals surface area contributed by atoms with Gasteiger partial charge in [0.1, 0.15) is 17.6 Å². The van der Waals surface area contributed by atoms with Crippen molar-refractivity contribution in [3.63, 3.8) is 0 Å². The number of methoxy groups -OCH3 is 1. The molecule has 1 aliphatic heterocycles. The predicted molar refractivity (Wildman–Crippen MR) is 110 cm³/mol. The summed E-state index contributed by atoms with van der Waals surface area (Å²) >= 11 is 0. The summed E-state index contributed by atoms with van der Waals surface area (Å²) in [5.74, 6) is 2.57. The molecule has 6 heteroatoms. The van der Waals surface area contributed by atoms with Gasteiger partial charge in [-0.3, -0.25) is 4.99 Å². The van der Waals surface area contributed by atoms with Crippen LogP contribution in [-0.2, 0) is 0 Å². The van der Waals surface area contributed by atoms with Crippen LogP contribution in [0.2, 0.25) is 0 Å². The second-order valence-corrected chi connectivity index (χ2v) is 6.87. The van der Waals surface area contributed by atoms with Crippen LogP contribution in [-0.4, -0.2) is 50.8 Å². The molecule has 1 aliphatic rings. The zero-order valence-electron chi connectivity index (χ0n) is 15.3. The molecule has 0 saturated carbocycles. The molecule has 0 spiro atoms. The molecule has 0 amide bonds. The highest BCUT2D eigenvalue weighted by atomic mass is 127. The van der Waals surface area contributed by atoms with Crippen molar-refractivity contribution in [2.75, 3.05) is 33.8 Å². The molecule has 0 aliphatic carbocycles. The largest absolute Gasteiger partial charge is 0.497 e. The third-order valence-electron chi connectivity index (χ3n) is 4.11. The van der Waals surface area contributed by atoms with Crippen LogP contribution in [0.3, 0.4) is 0 Å². The number of likely N-dealkylation sites (tertiary alicyclic amines) is 1. The summed E-state index contributed by atoms with van der Waals surface area (Å²) < 4.78 is 11.2.